The lowest BCUT2D eigenvalue weighted by Gasteiger charge is -2.32. The van der Waals surface area contributed by atoms with Crippen molar-refractivity contribution in [2.24, 2.45) is 5.41 Å². The maximum absolute atomic E-state index is 12.7. The van der Waals surface area contributed by atoms with Gasteiger partial charge in [-0.15, -0.1) is 0 Å². The summed E-state index contributed by atoms with van der Waals surface area (Å²) < 4.78 is 5.53. The van der Waals surface area contributed by atoms with Crippen LogP contribution < -0.4 is 15.4 Å². The third kappa shape index (κ3) is 3.98. The minimum Gasteiger partial charge on any atom is -0.492 e. The first-order chi connectivity index (χ1) is 12.5. The molecule has 2 N–H and O–H groups in total. The Morgan fingerprint density at radius 1 is 1.27 bits per heavy atom. The Hall–Kier alpha value is -2.57. The second-order valence-corrected chi connectivity index (χ2v) is 6.97. The van der Waals surface area contributed by atoms with Crippen molar-refractivity contribution in [3.63, 3.8) is 0 Å². The van der Waals surface area contributed by atoms with Crippen LogP contribution in [0.25, 0.3) is 0 Å². The predicted octanol–water partition coefficient (Wildman–Crippen LogP) is 0.944. The molecule has 0 bridgehead atoms. The first kappa shape index (κ1) is 18.2. The number of carbonyl (C=O) groups is 3. The summed E-state index contributed by atoms with van der Waals surface area (Å²) in [5.74, 6) is 0.591. The number of nitrogens with one attached hydrogen (secondary N) is 2. The van der Waals surface area contributed by atoms with Gasteiger partial charge in [-0.2, -0.15) is 0 Å². The standard InChI is InChI=1S/C19H25N3O4/c1-14(23)20-10-12-26-16-5-3-15(4-6-16)17(24)22-11-8-19(13-22)7-2-9-21-18(19)25/h3-6H,2,7-13H2,1H3,(H,20,23)(H,21,25). The van der Waals surface area contributed by atoms with Gasteiger partial charge in [0.25, 0.3) is 5.91 Å². The van der Waals surface area contributed by atoms with Crippen LogP contribution in [0.3, 0.4) is 0 Å². The molecule has 3 rings (SSSR count). The molecule has 1 atom stereocenters. The fourth-order valence-corrected chi connectivity index (χ4v) is 3.64. The molecule has 1 spiro atoms. The van der Waals surface area contributed by atoms with E-state index in [0.29, 0.717) is 37.6 Å². The summed E-state index contributed by atoms with van der Waals surface area (Å²) in [6, 6.07) is 6.98. The van der Waals surface area contributed by atoms with Gasteiger partial charge in [0.05, 0.1) is 12.0 Å². The zero-order chi connectivity index (χ0) is 18.6. The van der Waals surface area contributed by atoms with Crippen LogP contribution in [0.2, 0.25) is 0 Å². The molecular weight excluding hydrogens is 334 g/mol. The van der Waals surface area contributed by atoms with Crippen LogP contribution in [-0.4, -0.2) is 55.4 Å². The van der Waals surface area contributed by atoms with Gasteiger partial charge in [0, 0.05) is 32.1 Å². The Labute approximate surface area is 153 Å². The molecule has 26 heavy (non-hydrogen) atoms. The third-order valence-electron chi connectivity index (χ3n) is 5.09. The van der Waals surface area contributed by atoms with E-state index in [1.807, 2.05) is 0 Å². The summed E-state index contributed by atoms with van der Waals surface area (Å²) in [5, 5.41) is 5.59. The highest BCUT2D eigenvalue weighted by Gasteiger charge is 2.46. The molecule has 2 aliphatic heterocycles. The Kier molecular flexibility index (Phi) is 5.44. The number of amides is 3. The van der Waals surface area contributed by atoms with Crippen LogP contribution in [0, 0.1) is 5.41 Å². The molecule has 0 aliphatic carbocycles. The fraction of sp³-hybridized carbons (Fsp3) is 0.526. The van der Waals surface area contributed by atoms with Gasteiger partial charge < -0.3 is 20.3 Å². The van der Waals surface area contributed by atoms with Crippen LogP contribution in [0.15, 0.2) is 24.3 Å². The Balaban J connectivity index is 1.55. The number of hydrogen-bond donors (Lipinski definition) is 2. The van der Waals surface area contributed by atoms with Crippen LogP contribution in [0.4, 0.5) is 0 Å². The summed E-state index contributed by atoms with van der Waals surface area (Å²) >= 11 is 0. The van der Waals surface area contributed by atoms with E-state index in [1.165, 1.54) is 6.92 Å². The van der Waals surface area contributed by atoms with Crippen molar-refractivity contribution in [1.82, 2.24) is 15.5 Å². The zero-order valence-electron chi connectivity index (χ0n) is 15.0. The second kappa shape index (κ2) is 7.76. The average Bonchev–Trinajstić information content (AvgIpc) is 3.06. The van der Waals surface area contributed by atoms with Gasteiger partial charge in [-0.1, -0.05) is 0 Å². The van der Waals surface area contributed by atoms with Crippen molar-refractivity contribution in [3.05, 3.63) is 29.8 Å². The summed E-state index contributed by atoms with van der Waals surface area (Å²) in [6.07, 6.45) is 2.55. The molecule has 2 aliphatic rings. The van der Waals surface area contributed by atoms with E-state index < -0.39 is 5.41 Å². The van der Waals surface area contributed by atoms with Gasteiger partial charge in [0.1, 0.15) is 12.4 Å². The third-order valence-corrected chi connectivity index (χ3v) is 5.09. The van der Waals surface area contributed by atoms with Crippen molar-refractivity contribution < 1.29 is 19.1 Å². The van der Waals surface area contributed by atoms with Crippen molar-refractivity contribution in [1.29, 1.82) is 0 Å². The Bertz CT molecular complexity index is 689. The quantitative estimate of drug-likeness (QED) is 0.766. The van der Waals surface area contributed by atoms with E-state index in [1.54, 1.807) is 29.2 Å². The topological polar surface area (TPSA) is 87.7 Å². The number of hydrogen-bond acceptors (Lipinski definition) is 4. The molecule has 0 radical (unpaired) electrons. The van der Waals surface area contributed by atoms with Gasteiger partial charge in [-0.25, -0.2) is 0 Å². The smallest absolute Gasteiger partial charge is 0.253 e. The zero-order valence-corrected chi connectivity index (χ0v) is 15.0. The highest BCUT2D eigenvalue weighted by Crippen LogP contribution is 2.37. The molecule has 2 fully saturated rings. The maximum atomic E-state index is 12.7. The molecule has 7 nitrogen and oxygen atoms in total. The number of likely N-dealkylation sites (tertiary alicyclic amines) is 1. The summed E-state index contributed by atoms with van der Waals surface area (Å²) in [5.41, 5.74) is 0.188. The molecule has 0 aromatic heterocycles. The molecule has 3 amide bonds. The van der Waals surface area contributed by atoms with Crippen molar-refractivity contribution in [2.45, 2.75) is 26.2 Å². The molecule has 2 saturated heterocycles. The van der Waals surface area contributed by atoms with E-state index in [9.17, 15) is 14.4 Å². The minimum absolute atomic E-state index is 0.0509. The summed E-state index contributed by atoms with van der Waals surface area (Å²) in [6.45, 7) is 4.11. The lowest BCUT2D eigenvalue weighted by Crippen LogP contribution is -2.47. The minimum atomic E-state index is -0.402. The Morgan fingerprint density at radius 2 is 2.04 bits per heavy atom. The summed E-state index contributed by atoms with van der Waals surface area (Å²) in [4.78, 5) is 37.5. The lowest BCUT2D eigenvalue weighted by molar-refractivity contribution is -0.132. The lowest BCUT2D eigenvalue weighted by atomic mass is 9.79. The Morgan fingerprint density at radius 3 is 2.73 bits per heavy atom. The monoisotopic (exact) mass is 359 g/mol. The number of piperidine rings is 1. The molecule has 1 aromatic carbocycles. The first-order valence-corrected chi connectivity index (χ1v) is 9.05. The molecule has 2 heterocycles. The normalized spacial score (nSPS) is 22.2. The van der Waals surface area contributed by atoms with E-state index in [0.717, 1.165) is 25.8 Å². The van der Waals surface area contributed by atoms with E-state index in [-0.39, 0.29) is 17.7 Å². The van der Waals surface area contributed by atoms with E-state index in [4.69, 9.17) is 4.74 Å². The van der Waals surface area contributed by atoms with Gasteiger partial charge in [-0.3, -0.25) is 14.4 Å². The van der Waals surface area contributed by atoms with Crippen LogP contribution in [0.1, 0.15) is 36.5 Å². The van der Waals surface area contributed by atoms with Gasteiger partial charge >= 0.3 is 0 Å². The van der Waals surface area contributed by atoms with Crippen molar-refractivity contribution in [3.8, 4) is 5.75 Å². The second-order valence-electron chi connectivity index (χ2n) is 6.97. The highest BCUT2D eigenvalue weighted by atomic mass is 16.5. The van der Waals surface area contributed by atoms with Gasteiger partial charge in [-0.05, 0) is 43.5 Å². The van der Waals surface area contributed by atoms with Gasteiger partial charge in [0.15, 0.2) is 0 Å². The predicted molar refractivity (Wildman–Crippen MR) is 95.8 cm³/mol. The number of carbonyl (C=O) groups excluding carboxylic acids is 3. The fourth-order valence-electron chi connectivity index (χ4n) is 3.64. The van der Waals surface area contributed by atoms with Crippen LogP contribution in [-0.2, 0) is 9.59 Å². The molecule has 0 saturated carbocycles. The number of benzene rings is 1. The highest BCUT2D eigenvalue weighted by molar-refractivity contribution is 5.95. The van der Waals surface area contributed by atoms with Crippen molar-refractivity contribution in [2.75, 3.05) is 32.8 Å². The molecule has 1 aromatic rings. The van der Waals surface area contributed by atoms with Gasteiger partial charge in [0.2, 0.25) is 11.8 Å². The molecular formula is C19H25N3O4. The SMILES string of the molecule is CC(=O)NCCOc1ccc(C(=O)N2CCC3(CCCNC3=O)C2)cc1. The van der Waals surface area contributed by atoms with Crippen LogP contribution in [0.5, 0.6) is 5.75 Å². The van der Waals surface area contributed by atoms with E-state index >= 15 is 0 Å². The molecule has 1 unspecified atom stereocenters. The average molecular weight is 359 g/mol. The van der Waals surface area contributed by atoms with Crippen LogP contribution >= 0.6 is 0 Å². The van der Waals surface area contributed by atoms with Crippen molar-refractivity contribution >= 4 is 17.7 Å². The number of nitrogens with zero attached hydrogens (tertiary/aromatic N) is 1. The molecule has 7 heteroatoms. The largest absolute Gasteiger partial charge is 0.492 e. The number of ether oxygens (including phenoxy) is 1. The first-order valence-electron chi connectivity index (χ1n) is 9.05. The maximum Gasteiger partial charge on any atom is 0.253 e. The van der Waals surface area contributed by atoms with E-state index in [2.05, 4.69) is 10.6 Å². The number of rotatable bonds is 5. The molecule has 140 valence electrons. The summed E-state index contributed by atoms with van der Waals surface area (Å²) in [7, 11) is 0.